The number of rotatable bonds is 4. The number of benzene rings is 1. The highest BCUT2D eigenvalue weighted by molar-refractivity contribution is 6.31. The molecule has 24 heavy (non-hydrogen) atoms. The number of nitrogens with zero attached hydrogens (tertiary/aromatic N) is 4. The lowest BCUT2D eigenvalue weighted by atomic mass is 10.2. The molecule has 2 heterocycles. The van der Waals surface area contributed by atoms with Gasteiger partial charge in [0.15, 0.2) is 5.65 Å². The molecular weight excluding hydrogens is 330 g/mol. The van der Waals surface area contributed by atoms with Crippen molar-refractivity contribution in [2.24, 2.45) is 7.05 Å². The summed E-state index contributed by atoms with van der Waals surface area (Å²) in [7, 11) is 1.72. The molecule has 0 aliphatic carbocycles. The zero-order chi connectivity index (χ0) is 17.3. The Hall–Kier alpha value is -2.67. The van der Waals surface area contributed by atoms with Crippen LogP contribution in [0.3, 0.4) is 0 Å². The zero-order valence-corrected chi connectivity index (χ0v) is 14.0. The van der Waals surface area contributed by atoms with Crippen LogP contribution in [0.1, 0.15) is 12.0 Å². The highest BCUT2D eigenvalue weighted by Crippen LogP contribution is 2.20. The average molecular weight is 346 g/mol. The number of hydrogen-bond donors (Lipinski definition) is 1. The van der Waals surface area contributed by atoms with Crippen LogP contribution in [-0.4, -0.2) is 25.2 Å². The topological polar surface area (TPSA) is 81.8 Å². The number of anilines is 1. The van der Waals surface area contributed by atoms with Crippen LogP contribution < -0.4 is 10.9 Å². The van der Waals surface area contributed by atoms with E-state index in [0.29, 0.717) is 21.7 Å². The SMILES string of the molecule is Cc1ccc(Cl)cc1NC(=O)CCn1cnc2c(cnn2C)c1=O. The van der Waals surface area contributed by atoms with Gasteiger partial charge in [0.2, 0.25) is 5.91 Å². The fourth-order valence-corrected chi connectivity index (χ4v) is 2.56. The van der Waals surface area contributed by atoms with Gasteiger partial charge in [-0.15, -0.1) is 0 Å². The van der Waals surface area contributed by atoms with Gasteiger partial charge < -0.3 is 5.32 Å². The van der Waals surface area contributed by atoms with E-state index < -0.39 is 0 Å². The second-order valence-electron chi connectivity index (χ2n) is 5.51. The Morgan fingerprint density at radius 2 is 2.17 bits per heavy atom. The van der Waals surface area contributed by atoms with Crippen LogP contribution in [0.4, 0.5) is 5.69 Å². The van der Waals surface area contributed by atoms with E-state index in [0.717, 1.165) is 5.56 Å². The molecule has 0 fully saturated rings. The molecule has 0 radical (unpaired) electrons. The molecule has 0 unspecified atom stereocenters. The van der Waals surface area contributed by atoms with Crippen LogP contribution in [0.5, 0.6) is 0 Å². The first kappa shape index (κ1) is 16.2. The first-order valence-electron chi connectivity index (χ1n) is 7.39. The maximum atomic E-state index is 12.3. The fourth-order valence-electron chi connectivity index (χ4n) is 2.39. The lowest BCUT2D eigenvalue weighted by Crippen LogP contribution is -2.23. The van der Waals surface area contributed by atoms with Crippen LogP contribution >= 0.6 is 11.6 Å². The summed E-state index contributed by atoms with van der Waals surface area (Å²) in [6.07, 6.45) is 3.07. The van der Waals surface area contributed by atoms with Crippen LogP contribution in [0.2, 0.25) is 5.02 Å². The maximum Gasteiger partial charge on any atom is 0.264 e. The highest BCUT2D eigenvalue weighted by atomic mass is 35.5. The van der Waals surface area contributed by atoms with Crippen LogP contribution in [0.25, 0.3) is 11.0 Å². The molecule has 1 aromatic carbocycles. The van der Waals surface area contributed by atoms with E-state index >= 15 is 0 Å². The van der Waals surface area contributed by atoms with Crippen molar-refractivity contribution in [2.75, 3.05) is 5.32 Å². The van der Waals surface area contributed by atoms with E-state index in [4.69, 9.17) is 11.6 Å². The lowest BCUT2D eigenvalue weighted by molar-refractivity contribution is -0.116. The number of aryl methyl sites for hydroxylation is 3. The lowest BCUT2D eigenvalue weighted by Gasteiger charge is -2.09. The summed E-state index contributed by atoms with van der Waals surface area (Å²) < 4.78 is 2.95. The average Bonchev–Trinajstić information content (AvgIpc) is 2.92. The summed E-state index contributed by atoms with van der Waals surface area (Å²) in [4.78, 5) is 28.7. The molecule has 124 valence electrons. The monoisotopic (exact) mass is 345 g/mol. The predicted molar refractivity (Wildman–Crippen MR) is 92.2 cm³/mol. The summed E-state index contributed by atoms with van der Waals surface area (Å²) in [5.41, 5.74) is 1.90. The molecule has 0 bridgehead atoms. The summed E-state index contributed by atoms with van der Waals surface area (Å²) in [5, 5.41) is 7.81. The Balaban J connectivity index is 1.71. The van der Waals surface area contributed by atoms with Gasteiger partial charge in [0, 0.05) is 30.7 Å². The first-order valence-corrected chi connectivity index (χ1v) is 7.76. The number of carbonyl (C=O) groups excluding carboxylic acids is 1. The first-order chi connectivity index (χ1) is 11.5. The Labute approximate surface area is 142 Å². The van der Waals surface area contributed by atoms with Gasteiger partial charge in [0.25, 0.3) is 5.56 Å². The second-order valence-corrected chi connectivity index (χ2v) is 5.94. The number of aromatic nitrogens is 4. The summed E-state index contributed by atoms with van der Waals surface area (Å²) >= 11 is 5.94. The third-order valence-corrected chi connectivity index (χ3v) is 4.01. The van der Waals surface area contributed by atoms with Gasteiger partial charge in [-0.1, -0.05) is 17.7 Å². The Kier molecular flexibility index (Phi) is 4.35. The number of fused-ring (bicyclic) bond motifs is 1. The Morgan fingerprint density at radius 1 is 1.38 bits per heavy atom. The molecular formula is C16H16ClN5O2. The van der Waals surface area contributed by atoms with Crippen molar-refractivity contribution in [3.05, 3.63) is 51.7 Å². The van der Waals surface area contributed by atoms with Crippen molar-refractivity contribution in [3.8, 4) is 0 Å². The van der Waals surface area contributed by atoms with Crippen LogP contribution in [-0.2, 0) is 18.4 Å². The van der Waals surface area contributed by atoms with Gasteiger partial charge >= 0.3 is 0 Å². The molecule has 7 nitrogen and oxygen atoms in total. The number of carbonyl (C=O) groups is 1. The summed E-state index contributed by atoms with van der Waals surface area (Å²) in [6, 6.07) is 5.30. The van der Waals surface area contributed by atoms with Gasteiger partial charge in [0.1, 0.15) is 5.39 Å². The molecule has 1 amide bonds. The predicted octanol–water partition coefficient (Wildman–Crippen LogP) is 2.12. The molecule has 2 aromatic heterocycles. The van der Waals surface area contributed by atoms with E-state index in [1.54, 1.807) is 19.2 Å². The van der Waals surface area contributed by atoms with Crippen LogP contribution in [0, 0.1) is 6.92 Å². The quantitative estimate of drug-likeness (QED) is 0.785. The van der Waals surface area contributed by atoms with E-state index in [-0.39, 0.29) is 24.4 Å². The van der Waals surface area contributed by atoms with Gasteiger partial charge in [0.05, 0.1) is 12.5 Å². The number of halogens is 1. The molecule has 0 aliphatic heterocycles. The van der Waals surface area contributed by atoms with Gasteiger partial charge in [-0.2, -0.15) is 5.10 Å². The van der Waals surface area contributed by atoms with Crippen molar-refractivity contribution in [1.29, 1.82) is 0 Å². The maximum absolute atomic E-state index is 12.3. The van der Waals surface area contributed by atoms with Gasteiger partial charge in [-0.25, -0.2) is 4.98 Å². The standard InChI is InChI=1S/C16H16ClN5O2/c1-10-3-4-11(17)7-13(10)20-14(23)5-6-22-9-18-15-12(16(22)24)8-19-21(15)2/h3-4,7-9H,5-6H2,1-2H3,(H,20,23). The zero-order valence-electron chi connectivity index (χ0n) is 13.3. The van der Waals surface area contributed by atoms with Gasteiger partial charge in [-0.3, -0.25) is 18.8 Å². The smallest absolute Gasteiger partial charge is 0.264 e. The van der Waals surface area contributed by atoms with Crippen molar-refractivity contribution >= 4 is 34.2 Å². The minimum absolute atomic E-state index is 0.152. The summed E-state index contributed by atoms with van der Waals surface area (Å²) in [6.45, 7) is 2.12. The number of hydrogen-bond acceptors (Lipinski definition) is 4. The van der Waals surface area contributed by atoms with E-state index in [1.165, 1.54) is 21.8 Å². The molecule has 0 spiro atoms. The third-order valence-electron chi connectivity index (χ3n) is 3.77. The van der Waals surface area contributed by atoms with Crippen LogP contribution in [0.15, 0.2) is 35.5 Å². The Bertz CT molecular complexity index is 976. The van der Waals surface area contributed by atoms with E-state index in [1.807, 2.05) is 13.0 Å². The number of amides is 1. The largest absolute Gasteiger partial charge is 0.326 e. The van der Waals surface area contributed by atoms with Crippen molar-refractivity contribution < 1.29 is 4.79 Å². The molecule has 0 atom stereocenters. The molecule has 3 aromatic rings. The normalized spacial score (nSPS) is 11.0. The van der Waals surface area contributed by atoms with Crippen molar-refractivity contribution in [3.63, 3.8) is 0 Å². The minimum Gasteiger partial charge on any atom is -0.326 e. The molecule has 0 saturated heterocycles. The Morgan fingerprint density at radius 3 is 2.96 bits per heavy atom. The number of nitrogens with one attached hydrogen (secondary N) is 1. The highest BCUT2D eigenvalue weighted by Gasteiger charge is 2.10. The summed E-state index contributed by atoms with van der Waals surface area (Å²) in [5.74, 6) is -0.196. The second kappa shape index (κ2) is 6.45. The molecule has 8 heteroatoms. The minimum atomic E-state index is -0.208. The third kappa shape index (κ3) is 3.16. The van der Waals surface area contributed by atoms with Crippen molar-refractivity contribution in [2.45, 2.75) is 19.9 Å². The molecule has 3 rings (SSSR count). The van der Waals surface area contributed by atoms with E-state index in [2.05, 4.69) is 15.4 Å². The van der Waals surface area contributed by atoms with Crippen molar-refractivity contribution in [1.82, 2.24) is 19.3 Å². The molecule has 0 aliphatic rings. The van der Waals surface area contributed by atoms with Gasteiger partial charge in [-0.05, 0) is 24.6 Å². The fraction of sp³-hybridized carbons (Fsp3) is 0.250. The van der Waals surface area contributed by atoms with E-state index in [9.17, 15) is 9.59 Å². The molecule has 0 saturated carbocycles. The molecule has 1 N–H and O–H groups in total.